The molecule has 0 fully saturated rings. The summed E-state index contributed by atoms with van der Waals surface area (Å²) in [6, 6.07) is 0. The predicted octanol–water partition coefficient (Wildman–Crippen LogP) is 4.12. The topological polar surface area (TPSA) is 26.0 Å². The molecule has 0 aliphatic heterocycles. The lowest BCUT2D eigenvalue weighted by Crippen LogP contribution is -2.56. The number of aromatic nitrogens is 1. The fraction of sp³-hybridized carbons (Fsp3) is 0.786. The molecule has 98 valence electrons. The van der Waals surface area contributed by atoms with Gasteiger partial charge in [-0.05, 0) is 16.6 Å². The molecule has 0 bridgehead atoms. The molecule has 2 nitrogen and oxygen atoms in total. The lowest BCUT2D eigenvalue weighted by atomic mass is 10.4. The molecule has 0 aliphatic rings. The second-order valence-electron chi connectivity index (χ2n) is 5.88. The molecule has 0 aliphatic carbocycles. The van der Waals surface area contributed by atoms with Crippen molar-refractivity contribution in [3.05, 3.63) is 12.0 Å². The van der Waals surface area contributed by atoms with Crippen molar-refractivity contribution in [2.45, 2.75) is 71.5 Å². The third-order valence-corrected chi connectivity index (χ3v) is 10.8. The van der Waals surface area contributed by atoms with Crippen molar-refractivity contribution in [1.82, 2.24) is 4.98 Å². The summed E-state index contributed by atoms with van der Waals surface area (Å²) < 4.78 is 6.03. The van der Waals surface area contributed by atoms with E-state index in [1.807, 2.05) is 6.20 Å². The van der Waals surface area contributed by atoms with Crippen molar-refractivity contribution in [3.8, 4) is 0 Å². The van der Waals surface area contributed by atoms with Crippen LogP contribution in [0.2, 0.25) is 16.6 Å². The number of hydrogen-bond acceptors (Lipinski definition) is 2. The van der Waals surface area contributed by atoms with E-state index in [4.69, 9.17) is 4.42 Å². The van der Waals surface area contributed by atoms with Crippen LogP contribution in [-0.4, -0.2) is 13.1 Å². The second kappa shape index (κ2) is 5.38. The zero-order chi connectivity index (χ0) is 13.2. The molecule has 0 amide bonds. The Morgan fingerprint density at radius 3 is 1.82 bits per heavy atom. The molecule has 1 rings (SSSR count). The Morgan fingerprint density at radius 1 is 1.06 bits per heavy atom. The van der Waals surface area contributed by atoms with E-state index in [2.05, 4.69) is 53.5 Å². The Balaban J connectivity index is 3.30. The summed E-state index contributed by atoms with van der Waals surface area (Å²) in [4.78, 5) is 4.62. The van der Waals surface area contributed by atoms with Gasteiger partial charge in [0, 0.05) is 6.42 Å². The van der Waals surface area contributed by atoms with E-state index in [1.165, 1.54) is 0 Å². The van der Waals surface area contributed by atoms with Crippen LogP contribution in [0.5, 0.6) is 0 Å². The van der Waals surface area contributed by atoms with Gasteiger partial charge in [0.25, 0.3) is 0 Å². The third kappa shape index (κ3) is 2.35. The van der Waals surface area contributed by atoms with E-state index < -0.39 is 8.07 Å². The van der Waals surface area contributed by atoms with Gasteiger partial charge in [-0.2, -0.15) is 0 Å². The van der Waals surface area contributed by atoms with Crippen LogP contribution in [0.25, 0.3) is 0 Å². The summed E-state index contributed by atoms with van der Waals surface area (Å²) in [5.74, 6) is 1.03. The van der Waals surface area contributed by atoms with Gasteiger partial charge in [0.1, 0.15) is 5.76 Å². The first-order valence-corrected chi connectivity index (χ1v) is 9.05. The van der Waals surface area contributed by atoms with Gasteiger partial charge in [0.15, 0.2) is 13.6 Å². The predicted molar refractivity (Wildman–Crippen MR) is 76.6 cm³/mol. The maximum Gasteiger partial charge on any atom is 0.167 e. The smallest absolute Gasteiger partial charge is 0.167 e. The minimum atomic E-state index is -1.68. The number of rotatable bonds is 5. The standard InChI is InChI=1S/C14H27NOSi/c1-8-13-9-15-14(16-13)17(10(2)3,11(4)5)12(6)7/h9-12H,8H2,1-7H3. The summed E-state index contributed by atoms with van der Waals surface area (Å²) in [6.07, 6.45) is 2.86. The average molecular weight is 253 g/mol. The molecule has 1 aromatic rings. The zero-order valence-electron chi connectivity index (χ0n) is 12.4. The highest BCUT2D eigenvalue weighted by molar-refractivity contribution is 6.93. The Labute approximate surface area is 107 Å². The Bertz CT molecular complexity index is 333. The van der Waals surface area contributed by atoms with Gasteiger partial charge in [0.05, 0.1) is 6.20 Å². The van der Waals surface area contributed by atoms with Crippen molar-refractivity contribution in [2.75, 3.05) is 0 Å². The quantitative estimate of drug-likeness (QED) is 0.738. The Morgan fingerprint density at radius 2 is 1.53 bits per heavy atom. The van der Waals surface area contributed by atoms with Crippen molar-refractivity contribution in [2.24, 2.45) is 0 Å². The van der Waals surface area contributed by atoms with Gasteiger partial charge >= 0.3 is 0 Å². The first-order chi connectivity index (χ1) is 7.87. The van der Waals surface area contributed by atoms with E-state index >= 15 is 0 Å². The maximum absolute atomic E-state index is 6.03. The SMILES string of the molecule is CCc1cnc([Si](C(C)C)(C(C)C)C(C)C)o1. The van der Waals surface area contributed by atoms with Crippen molar-refractivity contribution in [1.29, 1.82) is 0 Å². The monoisotopic (exact) mass is 253 g/mol. The third-order valence-electron chi connectivity index (χ3n) is 4.14. The van der Waals surface area contributed by atoms with Gasteiger partial charge in [-0.15, -0.1) is 0 Å². The molecule has 1 heterocycles. The van der Waals surface area contributed by atoms with Crippen LogP contribution in [-0.2, 0) is 6.42 Å². The largest absolute Gasteiger partial charge is 0.451 e. The van der Waals surface area contributed by atoms with Crippen molar-refractivity contribution in [3.63, 3.8) is 0 Å². The average Bonchev–Trinajstić information content (AvgIpc) is 2.65. The van der Waals surface area contributed by atoms with Gasteiger partial charge < -0.3 is 4.42 Å². The lowest BCUT2D eigenvalue weighted by molar-refractivity contribution is 0.531. The molecule has 0 saturated carbocycles. The van der Waals surface area contributed by atoms with Crippen LogP contribution >= 0.6 is 0 Å². The first-order valence-electron chi connectivity index (χ1n) is 6.82. The molecule has 0 atom stereocenters. The normalized spacial score (nSPS) is 13.1. The van der Waals surface area contributed by atoms with Gasteiger partial charge in [-0.25, -0.2) is 4.98 Å². The molecular weight excluding hydrogens is 226 g/mol. The molecule has 0 unspecified atom stereocenters. The minimum absolute atomic E-state index is 0.658. The first kappa shape index (κ1) is 14.5. The van der Waals surface area contributed by atoms with Crippen LogP contribution in [0.15, 0.2) is 10.6 Å². The zero-order valence-corrected chi connectivity index (χ0v) is 13.4. The molecule has 0 radical (unpaired) electrons. The minimum Gasteiger partial charge on any atom is -0.451 e. The number of hydrogen-bond donors (Lipinski definition) is 0. The van der Waals surface area contributed by atoms with Gasteiger partial charge in [-0.1, -0.05) is 48.5 Å². The Hall–Kier alpha value is -0.573. The number of oxazole rings is 1. The van der Waals surface area contributed by atoms with Crippen LogP contribution in [0.3, 0.4) is 0 Å². The van der Waals surface area contributed by atoms with E-state index in [0.29, 0.717) is 16.6 Å². The summed E-state index contributed by atoms with van der Waals surface area (Å²) in [7, 11) is -1.68. The van der Waals surface area contributed by atoms with E-state index in [0.717, 1.165) is 17.7 Å². The maximum atomic E-state index is 6.03. The van der Waals surface area contributed by atoms with Gasteiger partial charge in [-0.3, -0.25) is 0 Å². The second-order valence-corrected chi connectivity index (χ2v) is 11.6. The molecule has 0 aromatic carbocycles. The highest BCUT2D eigenvalue weighted by Crippen LogP contribution is 2.40. The molecule has 0 saturated heterocycles. The summed E-state index contributed by atoms with van der Waals surface area (Å²) in [5, 5.41) is 0. The fourth-order valence-electron chi connectivity index (χ4n) is 3.41. The molecule has 1 aromatic heterocycles. The summed E-state index contributed by atoms with van der Waals surface area (Å²) in [6.45, 7) is 16.1. The number of aryl methyl sites for hydroxylation is 1. The lowest BCUT2D eigenvalue weighted by Gasteiger charge is -2.39. The highest BCUT2D eigenvalue weighted by Gasteiger charge is 2.48. The van der Waals surface area contributed by atoms with Crippen LogP contribution in [0.4, 0.5) is 0 Å². The molecular formula is C14H27NOSi. The highest BCUT2D eigenvalue weighted by atomic mass is 28.3. The van der Waals surface area contributed by atoms with Crippen LogP contribution in [0.1, 0.15) is 54.2 Å². The summed E-state index contributed by atoms with van der Waals surface area (Å²) in [5.41, 5.74) is 3.04. The number of nitrogens with zero attached hydrogens (tertiary/aromatic N) is 1. The summed E-state index contributed by atoms with van der Waals surface area (Å²) >= 11 is 0. The van der Waals surface area contributed by atoms with Gasteiger partial charge in [0.2, 0.25) is 0 Å². The van der Waals surface area contributed by atoms with Crippen LogP contribution in [0, 0.1) is 0 Å². The van der Waals surface area contributed by atoms with Crippen molar-refractivity contribution < 1.29 is 4.42 Å². The van der Waals surface area contributed by atoms with E-state index in [9.17, 15) is 0 Å². The molecule has 3 heteroatoms. The van der Waals surface area contributed by atoms with E-state index in [1.54, 1.807) is 0 Å². The van der Waals surface area contributed by atoms with E-state index in [-0.39, 0.29) is 0 Å². The van der Waals surface area contributed by atoms with Crippen molar-refractivity contribution >= 4 is 13.6 Å². The Kier molecular flexibility index (Phi) is 4.59. The fourth-order valence-corrected chi connectivity index (χ4v) is 9.49. The molecule has 0 spiro atoms. The molecule has 0 N–H and O–H groups in total. The van der Waals surface area contributed by atoms with Crippen LogP contribution < -0.4 is 5.51 Å². The molecule has 17 heavy (non-hydrogen) atoms.